The van der Waals surface area contributed by atoms with Gasteiger partial charge >= 0.3 is 6.18 Å². The number of alkyl halides is 3. The monoisotopic (exact) mass is 488 g/mol. The second-order valence-electron chi connectivity index (χ2n) is 9.12. The maximum atomic E-state index is 13.5. The van der Waals surface area contributed by atoms with Crippen molar-refractivity contribution in [3.8, 4) is 11.9 Å². The number of amides is 1. The Hall–Kier alpha value is -3.32. The molecule has 186 valence electrons. The van der Waals surface area contributed by atoms with Crippen LogP contribution in [0.4, 0.5) is 18.9 Å². The Morgan fingerprint density at radius 1 is 1.23 bits per heavy atom. The van der Waals surface area contributed by atoms with Crippen molar-refractivity contribution in [2.45, 2.75) is 19.0 Å². The van der Waals surface area contributed by atoms with E-state index in [1.807, 2.05) is 4.90 Å². The van der Waals surface area contributed by atoms with E-state index in [4.69, 9.17) is 14.7 Å². The Labute approximate surface area is 202 Å². The van der Waals surface area contributed by atoms with Crippen LogP contribution in [-0.4, -0.2) is 62.8 Å². The molecule has 1 aromatic carbocycles. The maximum Gasteiger partial charge on any atom is 0.417 e. The van der Waals surface area contributed by atoms with Crippen LogP contribution in [0.25, 0.3) is 0 Å². The van der Waals surface area contributed by atoms with Gasteiger partial charge in [0.25, 0.3) is 5.91 Å². The van der Waals surface area contributed by atoms with E-state index in [1.165, 1.54) is 19.4 Å². The highest BCUT2D eigenvalue weighted by Gasteiger charge is 2.49. The zero-order valence-electron chi connectivity index (χ0n) is 19.6. The third-order valence-electron chi connectivity index (χ3n) is 7.21. The summed E-state index contributed by atoms with van der Waals surface area (Å²) in [6, 6.07) is 8.85. The predicted molar refractivity (Wildman–Crippen MR) is 122 cm³/mol. The van der Waals surface area contributed by atoms with Gasteiger partial charge in [0.1, 0.15) is 0 Å². The van der Waals surface area contributed by atoms with Gasteiger partial charge in [0.15, 0.2) is 0 Å². The largest absolute Gasteiger partial charge is 0.481 e. The van der Waals surface area contributed by atoms with Gasteiger partial charge in [-0.15, -0.1) is 0 Å². The first-order valence-corrected chi connectivity index (χ1v) is 11.4. The number of halogens is 3. The Morgan fingerprint density at radius 2 is 1.97 bits per heavy atom. The molecule has 0 N–H and O–H groups in total. The van der Waals surface area contributed by atoms with Crippen molar-refractivity contribution in [3.05, 3.63) is 53.2 Å². The molecule has 1 atom stereocenters. The number of aromatic nitrogens is 1. The standard InChI is InChI=1S/C25H27F3N4O3/c1-34-15-19-14-32(20-5-3-17(12-29)21(11-20)25(26,27)28)16-24(19)7-9-31(10-8-24)23(33)18-4-6-22(35-2)30-13-18/h3-6,11,13,19H,7-10,14-16H2,1-2H3. The molecule has 0 saturated carbocycles. The van der Waals surface area contributed by atoms with Crippen LogP contribution in [0.1, 0.15) is 34.3 Å². The highest BCUT2D eigenvalue weighted by molar-refractivity contribution is 5.94. The van der Waals surface area contributed by atoms with Gasteiger partial charge in [0.2, 0.25) is 5.88 Å². The molecule has 1 spiro atoms. The molecule has 0 aliphatic carbocycles. The van der Waals surface area contributed by atoms with Gasteiger partial charge in [0.05, 0.1) is 36.5 Å². The van der Waals surface area contributed by atoms with Crippen molar-refractivity contribution in [1.29, 1.82) is 5.26 Å². The predicted octanol–water partition coefficient (Wildman–Crippen LogP) is 3.99. The number of nitriles is 1. The van der Waals surface area contributed by atoms with Crippen LogP contribution in [0.2, 0.25) is 0 Å². The molecule has 2 aliphatic heterocycles. The van der Waals surface area contributed by atoms with E-state index in [0.717, 1.165) is 18.9 Å². The summed E-state index contributed by atoms with van der Waals surface area (Å²) >= 11 is 0. The van der Waals surface area contributed by atoms with Crippen molar-refractivity contribution < 1.29 is 27.4 Å². The van der Waals surface area contributed by atoms with Gasteiger partial charge in [-0.2, -0.15) is 18.4 Å². The number of pyridine rings is 1. The highest BCUT2D eigenvalue weighted by atomic mass is 19.4. The molecule has 1 amide bonds. The summed E-state index contributed by atoms with van der Waals surface area (Å²) in [6.45, 7) is 2.68. The summed E-state index contributed by atoms with van der Waals surface area (Å²) in [5.74, 6) is 0.441. The second kappa shape index (κ2) is 9.74. The van der Waals surface area contributed by atoms with E-state index >= 15 is 0 Å². The minimum absolute atomic E-state index is 0.102. The van der Waals surface area contributed by atoms with Gasteiger partial charge in [-0.3, -0.25) is 4.79 Å². The number of ether oxygens (including phenoxy) is 2. The van der Waals surface area contributed by atoms with Gasteiger partial charge in [-0.05, 0) is 42.5 Å². The van der Waals surface area contributed by atoms with E-state index in [9.17, 15) is 18.0 Å². The molecule has 35 heavy (non-hydrogen) atoms. The summed E-state index contributed by atoms with van der Waals surface area (Å²) in [7, 11) is 3.13. The Bertz CT molecular complexity index is 1110. The molecule has 3 heterocycles. The molecule has 7 nitrogen and oxygen atoms in total. The number of carbonyl (C=O) groups is 1. The normalized spacial score (nSPS) is 19.6. The van der Waals surface area contributed by atoms with Gasteiger partial charge in [0, 0.05) is 57.2 Å². The molecule has 2 aromatic rings. The van der Waals surface area contributed by atoms with E-state index < -0.39 is 11.7 Å². The zero-order valence-corrected chi connectivity index (χ0v) is 19.6. The third-order valence-corrected chi connectivity index (χ3v) is 7.21. The lowest BCUT2D eigenvalue weighted by Crippen LogP contribution is -2.47. The van der Waals surface area contributed by atoms with Crippen LogP contribution in [0.15, 0.2) is 36.5 Å². The SMILES string of the molecule is COCC1CN(c2ccc(C#N)c(C(F)(F)F)c2)CC12CCN(C(=O)c1ccc(OC)nc1)CC2. The smallest absolute Gasteiger partial charge is 0.417 e. The zero-order chi connectivity index (χ0) is 25.2. The molecule has 1 unspecified atom stereocenters. The van der Waals surface area contributed by atoms with Crippen molar-refractivity contribution >= 4 is 11.6 Å². The minimum Gasteiger partial charge on any atom is -0.481 e. The first kappa shape index (κ1) is 24.8. The van der Waals surface area contributed by atoms with Crippen molar-refractivity contribution in [1.82, 2.24) is 9.88 Å². The molecular formula is C25H27F3N4O3. The van der Waals surface area contributed by atoms with Crippen molar-refractivity contribution in [3.63, 3.8) is 0 Å². The molecule has 2 aliphatic rings. The van der Waals surface area contributed by atoms with Gasteiger partial charge < -0.3 is 19.3 Å². The number of likely N-dealkylation sites (tertiary alicyclic amines) is 1. The van der Waals surface area contributed by atoms with E-state index in [-0.39, 0.29) is 22.8 Å². The lowest BCUT2D eigenvalue weighted by molar-refractivity contribution is -0.137. The number of rotatable bonds is 5. The number of hydrogen-bond acceptors (Lipinski definition) is 6. The molecular weight excluding hydrogens is 461 g/mol. The quantitative estimate of drug-likeness (QED) is 0.634. The minimum atomic E-state index is -4.60. The van der Waals surface area contributed by atoms with E-state index in [2.05, 4.69) is 4.98 Å². The lowest BCUT2D eigenvalue weighted by Gasteiger charge is -2.42. The molecule has 1 aromatic heterocycles. The van der Waals surface area contributed by atoms with Gasteiger partial charge in [-0.25, -0.2) is 4.98 Å². The first-order valence-electron chi connectivity index (χ1n) is 11.4. The van der Waals surface area contributed by atoms with Gasteiger partial charge in [-0.1, -0.05) is 0 Å². The number of piperidine rings is 1. The fourth-order valence-corrected chi connectivity index (χ4v) is 5.25. The molecule has 2 fully saturated rings. The highest BCUT2D eigenvalue weighted by Crippen LogP contribution is 2.47. The number of anilines is 1. The van der Waals surface area contributed by atoms with Crippen molar-refractivity contribution in [2.75, 3.05) is 51.9 Å². The fourth-order valence-electron chi connectivity index (χ4n) is 5.25. The Kier molecular flexibility index (Phi) is 6.90. The molecule has 0 bridgehead atoms. The molecule has 2 saturated heterocycles. The van der Waals surface area contributed by atoms with Crippen LogP contribution in [0.5, 0.6) is 5.88 Å². The van der Waals surface area contributed by atoms with Crippen molar-refractivity contribution in [2.24, 2.45) is 11.3 Å². The number of methoxy groups -OCH3 is 2. The summed E-state index contributed by atoms with van der Waals surface area (Å²) in [5, 5.41) is 9.10. The molecule has 4 rings (SSSR count). The summed E-state index contributed by atoms with van der Waals surface area (Å²) in [6.07, 6.45) is -1.67. The molecule has 0 radical (unpaired) electrons. The Morgan fingerprint density at radius 3 is 2.54 bits per heavy atom. The lowest BCUT2D eigenvalue weighted by atomic mass is 9.71. The number of carbonyl (C=O) groups excluding carboxylic acids is 1. The topological polar surface area (TPSA) is 78.7 Å². The second-order valence-corrected chi connectivity index (χ2v) is 9.12. The fraction of sp³-hybridized carbons (Fsp3) is 0.480. The van der Waals surface area contributed by atoms with E-state index in [1.54, 1.807) is 36.3 Å². The van der Waals surface area contributed by atoms with Crippen LogP contribution >= 0.6 is 0 Å². The number of hydrogen-bond donors (Lipinski definition) is 0. The third kappa shape index (κ3) is 4.91. The average molecular weight is 489 g/mol. The van der Waals surface area contributed by atoms with Crippen LogP contribution < -0.4 is 9.64 Å². The molecule has 10 heteroatoms. The summed E-state index contributed by atoms with van der Waals surface area (Å²) < 4.78 is 51.0. The average Bonchev–Trinajstić information content (AvgIpc) is 3.20. The summed E-state index contributed by atoms with van der Waals surface area (Å²) in [5.41, 5.74) is -0.562. The van der Waals surface area contributed by atoms with Crippen LogP contribution in [0.3, 0.4) is 0 Å². The first-order chi connectivity index (χ1) is 16.7. The maximum absolute atomic E-state index is 13.5. The Balaban J connectivity index is 1.51. The van der Waals surface area contributed by atoms with Crippen LogP contribution in [-0.2, 0) is 10.9 Å². The van der Waals surface area contributed by atoms with E-state index in [0.29, 0.717) is 49.9 Å². The number of nitrogens with zero attached hydrogens (tertiary/aromatic N) is 4. The van der Waals surface area contributed by atoms with Crippen LogP contribution in [0, 0.1) is 22.7 Å². The number of benzene rings is 1. The summed E-state index contributed by atoms with van der Waals surface area (Å²) in [4.78, 5) is 20.8.